The third kappa shape index (κ3) is 9.52. The maximum absolute atomic E-state index is 10.1. The van der Waals surface area contributed by atoms with Crippen LogP contribution in [0.3, 0.4) is 0 Å². The fraction of sp³-hybridized carbons (Fsp3) is 0.360. The lowest BCUT2D eigenvalue weighted by atomic mass is 10.0. The number of benzene rings is 4. The number of rotatable bonds is 10. The van der Waals surface area contributed by atoms with Crippen LogP contribution in [0.4, 0.5) is 0 Å². The Kier molecular flexibility index (Phi) is 13.0. The quantitative estimate of drug-likeness (QED) is 0.135. The minimum atomic E-state index is -1.85. The third-order valence-corrected chi connectivity index (χ3v) is 18.3. The summed E-state index contributed by atoms with van der Waals surface area (Å²) in [6.07, 6.45) is 7.42. The lowest BCUT2D eigenvalue weighted by Crippen LogP contribution is -2.41. The van der Waals surface area contributed by atoms with E-state index >= 15 is 0 Å². The highest BCUT2D eigenvalue weighted by Crippen LogP contribution is 2.47. The van der Waals surface area contributed by atoms with Crippen molar-refractivity contribution in [2.75, 3.05) is 0 Å². The molecule has 0 fully saturated rings. The van der Waals surface area contributed by atoms with Crippen LogP contribution in [0.1, 0.15) is 107 Å². The first-order chi connectivity index (χ1) is 29.1. The molecule has 2 aromatic heterocycles. The largest absolute Gasteiger partial charge is 0.490 e. The minimum Gasteiger partial charge on any atom is -0.490 e. The highest BCUT2D eigenvalue weighted by molar-refractivity contribution is 7.18. The second kappa shape index (κ2) is 18.1. The van der Waals surface area contributed by atoms with Crippen LogP contribution in [0.25, 0.3) is 42.0 Å². The van der Waals surface area contributed by atoms with Crippen molar-refractivity contribution >= 4 is 31.0 Å². The molecule has 2 heterocycles. The van der Waals surface area contributed by atoms with Gasteiger partial charge in [0.1, 0.15) is 33.7 Å². The first kappa shape index (κ1) is 43.9. The van der Waals surface area contributed by atoms with Crippen LogP contribution in [-0.2, 0) is 17.3 Å². The maximum Gasteiger partial charge on any atom is 0.192 e. The van der Waals surface area contributed by atoms with E-state index in [2.05, 4.69) is 75.3 Å². The van der Waals surface area contributed by atoms with Crippen LogP contribution in [0.2, 0.25) is 18.1 Å². The number of thiazole rings is 2. The summed E-state index contributed by atoms with van der Waals surface area (Å²) >= 11 is 3.27. The van der Waals surface area contributed by atoms with E-state index in [1.54, 1.807) is 22.7 Å². The number of fused-ring (bicyclic) bond motifs is 2. The lowest BCUT2D eigenvalue weighted by molar-refractivity contribution is 0.180. The predicted octanol–water partition coefficient (Wildman–Crippen LogP) is 13.3. The summed E-state index contributed by atoms with van der Waals surface area (Å²) in [5.41, 5.74) is 10.3. The normalized spacial score (nSPS) is 15.8. The number of nitrogens with zero attached hydrogens (tertiary/aromatic N) is 4. The van der Waals surface area contributed by atoms with Gasteiger partial charge in [-0.1, -0.05) is 57.2 Å². The van der Waals surface area contributed by atoms with E-state index in [0.717, 1.165) is 67.7 Å². The van der Waals surface area contributed by atoms with Gasteiger partial charge in [-0.15, -0.1) is 22.7 Å². The number of aliphatic hydroxyl groups excluding tert-OH is 1. The molecule has 0 radical (unpaired) electrons. The lowest BCUT2D eigenvalue weighted by Gasteiger charge is -2.38. The van der Waals surface area contributed by atoms with Gasteiger partial charge in [0.05, 0.1) is 45.3 Å². The molecule has 0 aliphatic heterocycles. The first-order valence-electron chi connectivity index (χ1n) is 21.0. The standard InChI is InChI=1S/C28H34N2O2SSi.C22H20N2O2S/c1-18(2)31-24-13-11-19(15-20(24)16-29)27-30-17-26(33-27)23-10-8-9-22-21(23)12-14-25(22)32-34(6,7)28(3,4)5;1-13(2)26-20-9-6-14(10-15(20)11-23)22-24-12-21(27-22)18-5-3-4-17-16(18)7-8-19(17)25/h8-11,13,15,17-18,25H,12,14H2,1-7H3;3-6,9-10,12-13,19,25H,7-8H2,1-2H3/t25-;19-/m00/s1. The summed E-state index contributed by atoms with van der Waals surface area (Å²) in [5, 5.41) is 31.1. The smallest absolute Gasteiger partial charge is 0.192 e. The summed E-state index contributed by atoms with van der Waals surface area (Å²) in [5.74, 6) is 1.22. The zero-order valence-electron chi connectivity index (χ0n) is 36.5. The highest BCUT2D eigenvalue weighted by atomic mass is 32.1. The van der Waals surface area contributed by atoms with Gasteiger partial charge in [-0.05, 0) is 141 Å². The molecule has 2 aliphatic rings. The van der Waals surface area contributed by atoms with Crippen molar-refractivity contribution in [2.24, 2.45) is 0 Å². The Labute approximate surface area is 369 Å². The Morgan fingerprint density at radius 3 is 1.66 bits per heavy atom. The minimum absolute atomic E-state index is 0.0185. The molecule has 2 aliphatic carbocycles. The van der Waals surface area contributed by atoms with Crippen molar-refractivity contribution in [1.82, 2.24) is 9.97 Å². The van der Waals surface area contributed by atoms with Crippen LogP contribution in [-0.4, -0.2) is 35.6 Å². The average molecular weight is 867 g/mol. The molecule has 0 amide bonds. The van der Waals surface area contributed by atoms with E-state index in [-0.39, 0.29) is 29.5 Å². The molecule has 0 saturated heterocycles. The molecule has 6 aromatic rings. The zero-order chi connectivity index (χ0) is 43.6. The fourth-order valence-electron chi connectivity index (χ4n) is 7.64. The van der Waals surface area contributed by atoms with Gasteiger partial charge in [-0.25, -0.2) is 9.97 Å². The second-order valence-corrected chi connectivity index (χ2v) is 24.6. The van der Waals surface area contributed by atoms with Gasteiger partial charge in [0.2, 0.25) is 0 Å². The topological polar surface area (TPSA) is 121 Å². The van der Waals surface area contributed by atoms with Crippen molar-refractivity contribution < 1.29 is 19.0 Å². The van der Waals surface area contributed by atoms with Crippen LogP contribution in [0.5, 0.6) is 11.5 Å². The monoisotopic (exact) mass is 866 g/mol. The number of hydrogen-bond donors (Lipinski definition) is 1. The maximum atomic E-state index is 10.1. The van der Waals surface area contributed by atoms with E-state index in [1.165, 1.54) is 22.3 Å². The van der Waals surface area contributed by atoms with Crippen molar-refractivity contribution in [3.05, 3.63) is 119 Å². The Hall–Kier alpha value is -5.14. The number of hydrogen-bond acceptors (Lipinski definition) is 10. The van der Waals surface area contributed by atoms with Gasteiger partial charge in [0.25, 0.3) is 0 Å². The Bertz CT molecular complexity index is 2630. The van der Waals surface area contributed by atoms with Crippen molar-refractivity contribution in [3.63, 3.8) is 0 Å². The summed E-state index contributed by atoms with van der Waals surface area (Å²) < 4.78 is 18.3. The van der Waals surface area contributed by atoms with Gasteiger partial charge < -0.3 is 19.0 Å². The number of ether oxygens (including phenoxy) is 2. The predicted molar refractivity (Wildman–Crippen MR) is 250 cm³/mol. The van der Waals surface area contributed by atoms with E-state index in [4.69, 9.17) is 18.9 Å². The Morgan fingerprint density at radius 1 is 0.705 bits per heavy atom. The van der Waals surface area contributed by atoms with Crippen LogP contribution in [0.15, 0.2) is 85.2 Å². The third-order valence-electron chi connectivity index (χ3n) is 11.7. The van der Waals surface area contributed by atoms with Crippen molar-refractivity contribution in [2.45, 2.75) is 117 Å². The molecule has 8 rings (SSSR count). The first-order valence-corrected chi connectivity index (χ1v) is 25.5. The zero-order valence-corrected chi connectivity index (χ0v) is 39.1. The van der Waals surface area contributed by atoms with Crippen molar-refractivity contribution in [3.8, 4) is 65.7 Å². The van der Waals surface area contributed by atoms with E-state index in [0.29, 0.717) is 22.6 Å². The van der Waals surface area contributed by atoms with Crippen molar-refractivity contribution in [1.29, 1.82) is 10.5 Å². The summed E-state index contributed by atoms with van der Waals surface area (Å²) in [6.45, 7) is 19.4. The fourth-order valence-corrected chi connectivity index (χ4v) is 10.9. The van der Waals surface area contributed by atoms with E-state index < -0.39 is 8.32 Å². The second-order valence-electron chi connectivity index (χ2n) is 17.7. The highest BCUT2D eigenvalue weighted by Gasteiger charge is 2.41. The molecule has 4 aromatic carbocycles. The average Bonchev–Trinajstić information content (AvgIpc) is 4.05. The molecule has 11 heteroatoms. The van der Waals surface area contributed by atoms with Crippen LogP contribution in [0, 0.1) is 22.7 Å². The molecule has 2 atom stereocenters. The molecular weight excluding hydrogens is 813 g/mol. The van der Waals surface area contributed by atoms with Gasteiger partial charge in [-0.3, -0.25) is 0 Å². The van der Waals surface area contributed by atoms with E-state index in [9.17, 15) is 15.6 Å². The molecule has 0 saturated carbocycles. The molecule has 0 bridgehead atoms. The van der Waals surface area contributed by atoms with Crippen LogP contribution >= 0.6 is 22.7 Å². The SMILES string of the molecule is CC(C)Oc1ccc(-c2ncc(-c3cccc4c3CC[C@@H]4O)s2)cc1C#N.CC(C)Oc1ccc(-c2ncc(-c3cccc4c3CC[C@@H]4O[Si](C)(C)C(C)(C)C)s2)cc1C#N. The number of aromatic nitrogens is 2. The number of nitriles is 2. The Morgan fingerprint density at radius 2 is 1.18 bits per heavy atom. The van der Waals surface area contributed by atoms with Crippen LogP contribution < -0.4 is 9.47 Å². The van der Waals surface area contributed by atoms with Gasteiger partial charge in [0.15, 0.2) is 8.32 Å². The summed E-state index contributed by atoms with van der Waals surface area (Å²) in [6, 6.07) is 28.5. The van der Waals surface area contributed by atoms with Gasteiger partial charge in [0, 0.05) is 23.5 Å². The molecule has 314 valence electrons. The summed E-state index contributed by atoms with van der Waals surface area (Å²) in [4.78, 5) is 11.5. The Balaban J connectivity index is 0.000000189. The van der Waals surface area contributed by atoms with Gasteiger partial charge >= 0.3 is 0 Å². The summed E-state index contributed by atoms with van der Waals surface area (Å²) in [7, 11) is -1.85. The molecular formula is C50H54N4O4S2Si. The molecule has 61 heavy (non-hydrogen) atoms. The molecule has 0 spiro atoms. The number of aliphatic hydroxyl groups is 1. The molecule has 8 nitrogen and oxygen atoms in total. The molecule has 1 N–H and O–H groups in total. The van der Waals surface area contributed by atoms with Gasteiger partial charge in [-0.2, -0.15) is 10.5 Å². The molecule has 0 unspecified atom stereocenters. The van der Waals surface area contributed by atoms with E-state index in [1.807, 2.05) is 88.6 Å².